The molecule has 0 radical (unpaired) electrons. The minimum absolute atomic E-state index is 0.105. The summed E-state index contributed by atoms with van der Waals surface area (Å²) in [5.41, 5.74) is 1.04. The number of nitrogens with zero attached hydrogens (tertiary/aromatic N) is 1. The van der Waals surface area contributed by atoms with Gasteiger partial charge in [0.15, 0.2) is 0 Å². The van der Waals surface area contributed by atoms with Gasteiger partial charge >= 0.3 is 5.97 Å². The van der Waals surface area contributed by atoms with Crippen LogP contribution in [0.3, 0.4) is 0 Å². The molecule has 0 aliphatic rings. The van der Waals surface area contributed by atoms with E-state index < -0.39 is 5.97 Å². The molecule has 16 heavy (non-hydrogen) atoms. The second-order valence-electron chi connectivity index (χ2n) is 3.10. The lowest BCUT2D eigenvalue weighted by atomic mass is 10.1. The second kappa shape index (κ2) is 5.73. The third-order valence-corrected chi connectivity index (χ3v) is 2.01. The van der Waals surface area contributed by atoms with E-state index in [1.165, 1.54) is 12.1 Å². The molecule has 0 saturated carbocycles. The van der Waals surface area contributed by atoms with Gasteiger partial charge in [-0.1, -0.05) is 0 Å². The van der Waals surface area contributed by atoms with Crippen LogP contribution in [0.15, 0.2) is 18.2 Å². The lowest BCUT2D eigenvalue weighted by molar-refractivity contribution is 0.0697. The summed E-state index contributed by atoms with van der Waals surface area (Å²) in [6.07, 6.45) is 0. The van der Waals surface area contributed by atoms with Gasteiger partial charge in [0.1, 0.15) is 6.07 Å². The second-order valence-corrected chi connectivity index (χ2v) is 3.10. The zero-order chi connectivity index (χ0) is 12.0. The minimum Gasteiger partial charge on any atom is -0.478 e. The first-order valence-electron chi connectivity index (χ1n) is 4.69. The zero-order valence-electron chi connectivity index (χ0n) is 8.86. The molecule has 2 N–H and O–H groups in total. The van der Waals surface area contributed by atoms with Crippen LogP contribution in [-0.4, -0.2) is 31.3 Å². The monoisotopic (exact) mass is 220 g/mol. The van der Waals surface area contributed by atoms with E-state index in [4.69, 9.17) is 15.1 Å². The fourth-order valence-electron chi connectivity index (χ4n) is 1.21. The maximum Gasteiger partial charge on any atom is 0.335 e. The van der Waals surface area contributed by atoms with Crippen LogP contribution in [0.25, 0.3) is 0 Å². The highest BCUT2D eigenvalue weighted by atomic mass is 16.5. The molecule has 0 aliphatic carbocycles. The Morgan fingerprint density at radius 2 is 2.38 bits per heavy atom. The van der Waals surface area contributed by atoms with Gasteiger partial charge in [-0.15, -0.1) is 0 Å². The molecule has 0 bridgehead atoms. The highest BCUT2D eigenvalue weighted by Gasteiger charge is 2.07. The number of nitriles is 1. The number of ether oxygens (including phenoxy) is 1. The Hall–Kier alpha value is -2.06. The number of carboxylic acids is 1. The number of hydrogen-bond donors (Lipinski definition) is 2. The lowest BCUT2D eigenvalue weighted by Crippen LogP contribution is -2.09. The van der Waals surface area contributed by atoms with Gasteiger partial charge in [0.2, 0.25) is 0 Å². The van der Waals surface area contributed by atoms with E-state index in [1.807, 2.05) is 6.07 Å². The third kappa shape index (κ3) is 2.97. The van der Waals surface area contributed by atoms with E-state index >= 15 is 0 Å². The maximum atomic E-state index is 10.7. The van der Waals surface area contributed by atoms with Crippen molar-refractivity contribution in [3.63, 3.8) is 0 Å². The molecule has 0 heterocycles. The summed E-state index contributed by atoms with van der Waals surface area (Å²) >= 11 is 0. The molecule has 0 aliphatic heterocycles. The van der Waals surface area contributed by atoms with Crippen LogP contribution in [0.2, 0.25) is 0 Å². The Morgan fingerprint density at radius 1 is 1.62 bits per heavy atom. The fourth-order valence-corrected chi connectivity index (χ4v) is 1.21. The largest absolute Gasteiger partial charge is 0.478 e. The van der Waals surface area contributed by atoms with Crippen molar-refractivity contribution in [2.24, 2.45) is 0 Å². The van der Waals surface area contributed by atoms with Crippen LogP contribution in [-0.2, 0) is 4.74 Å². The zero-order valence-corrected chi connectivity index (χ0v) is 8.86. The SMILES string of the molecule is COCCNc1ccc(C(=O)O)cc1C#N. The van der Waals surface area contributed by atoms with Crippen molar-refractivity contribution in [2.75, 3.05) is 25.6 Å². The molecule has 0 atom stereocenters. The average molecular weight is 220 g/mol. The summed E-state index contributed by atoms with van der Waals surface area (Å²) < 4.78 is 4.86. The lowest BCUT2D eigenvalue weighted by Gasteiger charge is -2.07. The normalized spacial score (nSPS) is 9.50. The number of rotatable bonds is 5. The summed E-state index contributed by atoms with van der Waals surface area (Å²) in [6, 6.07) is 6.33. The first-order chi connectivity index (χ1) is 7.69. The number of carboxylic acid groups (broad SMARTS) is 1. The average Bonchev–Trinajstić information content (AvgIpc) is 2.29. The Labute approximate surface area is 93.3 Å². The van der Waals surface area contributed by atoms with Gasteiger partial charge in [0, 0.05) is 13.7 Å². The van der Waals surface area contributed by atoms with Crippen molar-refractivity contribution >= 4 is 11.7 Å². The molecule has 1 aromatic carbocycles. The molecule has 84 valence electrons. The van der Waals surface area contributed by atoms with Crippen LogP contribution in [0.1, 0.15) is 15.9 Å². The third-order valence-electron chi connectivity index (χ3n) is 2.01. The molecule has 5 nitrogen and oxygen atoms in total. The number of hydrogen-bond acceptors (Lipinski definition) is 4. The Balaban J connectivity index is 2.86. The topological polar surface area (TPSA) is 82.3 Å². The standard InChI is InChI=1S/C11H12N2O3/c1-16-5-4-13-10-3-2-8(11(14)15)6-9(10)7-12/h2-3,6,13H,4-5H2,1H3,(H,14,15). The van der Waals surface area contributed by atoms with E-state index in [0.717, 1.165) is 0 Å². The van der Waals surface area contributed by atoms with E-state index in [-0.39, 0.29) is 5.56 Å². The Kier molecular flexibility index (Phi) is 4.30. The van der Waals surface area contributed by atoms with Gasteiger partial charge in [-0.2, -0.15) is 5.26 Å². The van der Waals surface area contributed by atoms with Gasteiger partial charge < -0.3 is 15.2 Å². The first-order valence-corrected chi connectivity index (χ1v) is 4.69. The predicted molar refractivity (Wildman–Crippen MR) is 58.5 cm³/mol. The number of methoxy groups -OCH3 is 1. The van der Waals surface area contributed by atoms with Crippen molar-refractivity contribution in [1.29, 1.82) is 5.26 Å². The van der Waals surface area contributed by atoms with E-state index in [0.29, 0.717) is 24.4 Å². The molecule has 0 amide bonds. The van der Waals surface area contributed by atoms with E-state index in [1.54, 1.807) is 13.2 Å². The predicted octanol–water partition coefficient (Wildman–Crippen LogP) is 1.31. The Morgan fingerprint density at radius 3 is 2.94 bits per heavy atom. The first kappa shape index (κ1) is 12.0. The molecular weight excluding hydrogens is 208 g/mol. The van der Waals surface area contributed by atoms with Gasteiger partial charge in [-0.05, 0) is 18.2 Å². The van der Waals surface area contributed by atoms with Gasteiger partial charge in [-0.25, -0.2) is 4.79 Å². The van der Waals surface area contributed by atoms with Crippen molar-refractivity contribution in [3.8, 4) is 6.07 Å². The molecule has 0 aromatic heterocycles. The summed E-state index contributed by atoms with van der Waals surface area (Å²) in [6.45, 7) is 1.09. The number of carbonyl (C=O) groups is 1. The fraction of sp³-hybridized carbons (Fsp3) is 0.273. The number of benzene rings is 1. The molecular formula is C11H12N2O3. The van der Waals surface area contributed by atoms with Crippen molar-refractivity contribution < 1.29 is 14.6 Å². The quantitative estimate of drug-likeness (QED) is 0.731. The minimum atomic E-state index is -1.04. The van der Waals surface area contributed by atoms with E-state index in [2.05, 4.69) is 5.32 Å². The number of aromatic carboxylic acids is 1. The molecule has 0 fully saturated rings. The summed E-state index contributed by atoms with van der Waals surface area (Å²) in [5, 5.41) is 20.6. The maximum absolute atomic E-state index is 10.7. The molecule has 1 rings (SSSR count). The molecule has 5 heteroatoms. The van der Waals surface area contributed by atoms with Gasteiger partial charge in [-0.3, -0.25) is 0 Å². The van der Waals surface area contributed by atoms with Crippen molar-refractivity contribution in [1.82, 2.24) is 0 Å². The van der Waals surface area contributed by atoms with Crippen LogP contribution in [0.5, 0.6) is 0 Å². The van der Waals surface area contributed by atoms with Crippen LogP contribution in [0.4, 0.5) is 5.69 Å². The number of anilines is 1. The molecule has 0 unspecified atom stereocenters. The van der Waals surface area contributed by atoms with Crippen molar-refractivity contribution in [3.05, 3.63) is 29.3 Å². The van der Waals surface area contributed by atoms with Gasteiger partial charge in [0.05, 0.1) is 23.4 Å². The summed E-state index contributed by atoms with van der Waals surface area (Å²) in [5.74, 6) is -1.04. The molecule has 0 spiro atoms. The number of nitrogens with one attached hydrogen (secondary N) is 1. The summed E-state index contributed by atoms with van der Waals surface area (Å²) in [7, 11) is 1.58. The van der Waals surface area contributed by atoms with Crippen LogP contribution >= 0.6 is 0 Å². The molecule has 1 aromatic rings. The molecule has 0 saturated heterocycles. The smallest absolute Gasteiger partial charge is 0.335 e. The van der Waals surface area contributed by atoms with Crippen LogP contribution < -0.4 is 5.32 Å². The Bertz CT molecular complexity index is 424. The summed E-state index contributed by atoms with van der Waals surface area (Å²) in [4.78, 5) is 10.7. The van der Waals surface area contributed by atoms with E-state index in [9.17, 15) is 4.79 Å². The van der Waals surface area contributed by atoms with Crippen molar-refractivity contribution in [2.45, 2.75) is 0 Å². The highest BCUT2D eigenvalue weighted by molar-refractivity contribution is 5.89. The van der Waals surface area contributed by atoms with Gasteiger partial charge in [0.25, 0.3) is 0 Å². The van der Waals surface area contributed by atoms with Crippen LogP contribution in [0, 0.1) is 11.3 Å². The highest BCUT2D eigenvalue weighted by Crippen LogP contribution is 2.16.